The lowest BCUT2D eigenvalue weighted by molar-refractivity contribution is 0.700. The Morgan fingerprint density at radius 3 is 2.37 bits per heavy atom. The number of nitrogens with zero attached hydrogens (tertiary/aromatic N) is 3. The molecule has 98 valence electrons. The monoisotopic (exact) mass is 334 g/mol. The van der Waals surface area contributed by atoms with Gasteiger partial charge in [-0.1, -0.05) is 34.8 Å². The zero-order chi connectivity index (χ0) is 14.2. The van der Waals surface area contributed by atoms with E-state index in [4.69, 9.17) is 45.8 Å². The van der Waals surface area contributed by atoms with E-state index in [2.05, 4.69) is 5.10 Å². The molecule has 0 bridgehead atoms. The van der Waals surface area contributed by atoms with Gasteiger partial charge in [0, 0.05) is 5.02 Å². The highest BCUT2D eigenvalue weighted by Gasteiger charge is 2.33. The molecule has 2 N–H and O–H groups in total. The number of hydrogen-bond donors (Lipinski definition) is 1. The summed E-state index contributed by atoms with van der Waals surface area (Å²) in [7, 11) is 0. The van der Waals surface area contributed by atoms with Crippen LogP contribution in [0.3, 0.4) is 0 Å². The summed E-state index contributed by atoms with van der Waals surface area (Å²) in [6.45, 7) is 0. The fraction of sp³-hybridized carbons (Fsp3) is 0.100. The van der Waals surface area contributed by atoms with E-state index in [-0.39, 0.29) is 31.9 Å². The number of nitriles is 1. The maximum atomic E-state index is 11.0. The topological polar surface area (TPSA) is 82.5 Å². The van der Waals surface area contributed by atoms with Crippen molar-refractivity contribution in [2.24, 2.45) is 10.8 Å². The Morgan fingerprint density at radius 1 is 1.37 bits per heavy atom. The van der Waals surface area contributed by atoms with Crippen molar-refractivity contribution in [2.45, 2.75) is 6.17 Å². The normalized spacial score (nSPS) is 18.3. The molecule has 1 unspecified atom stereocenters. The number of rotatable bonds is 1. The maximum Gasteiger partial charge on any atom is 0.180 e. The van der Waals surface area contributed by atoms with Crippen molar-refractivity contribution in [2.75, 3.05) is 5.01 Å². The van der Waals surface area contributed by atoms with Gasteiger partial charge in [-0.25, -0.2) is 9.22 Å². The number of benzene rings is 1. The van der Waals surface area contributed by atoms with E-state index in [1.807, 2.05) is 0 Å². The van der Waals surface area contributed by atoms with E-state index in [1.54, 1.807) is 6.07 Å². The predicted molar refractivity (Wildman–Crippen MR) is 78.1 cm³/mol. The Morgan fingerprint density at radius 2 is 1.95 bits per heavy atom. The molecule has 0 saturated heterocycles. The summed E-state index contributed by atoms with van der Waals surface area (Å²) >= 11 is 18.0. The SMILES string of the molecule is N#CC1=NN(c2c(Cl)cc(Cl)cc2Cl)C(N)C1=S=O. The zero-order valence-electron chi connectivity index (χ0n) is 9.10. The molecule has 0 amide bonds. The van der Waals surface area contributed by atoms with Crippen LogP contribution in [0.5, 0.6) is 0 Å². The summed E-state index contributed by atoms with van der Waals surface area (Å²) in [6.07, 6.45) is -0.895. The molecule has 1 aromatic rings. The van der Waals surface area contributed by atoms with E-state index in [0.29, 0.717) is 10.7 Å². The fourth-order valence-corrected chi connectivity index (χ4v) is 2.93. The first kappa shape index (κ1) is 14.3. The first-order valence-electron chi connectivity index (χ1n) is 4.84. The van der Waals surface area contributed by atoms with Gasteiger partial charge < -0.3 is 5.73 Å². The van der Waals surface area contributed by atoms with Gasteiger partial charge in [-0.15, -0.1) is 0 Å². The van der Waals surface area contributed by atoms with Gasteiger partial charge in [0.1, 0.15) is 17.1 Å². The third-order valence-corrected chi connectivity index (χ3v) is 3.79. The second kappa shape index (κ2) is 5.49. The van der Waals surface area contributed by atoms with Crippen LogP contribution in [0.4, 0.5) is 5.69 Å². The molecule has 9 heteroatoms. The average Bonchev–Trinajstić information content (AvgIpc) is 2.65. The van der Waals surface area contributed by atoms with E-state index in [0.717, 1.165) is 0 Å². The molecule has 1 aliphatic heterocycles. The second-order valence-electron chi connectivity index (χ2n) is 3.52. The van der Waals surface area contributed by atoms with E-state index in [1.165, 1.54) is 17.1 Å². The third kappa shape index (κ3) is 2.48. The molecular formula is C10H5Cl3N4OS. The molecule has 0 saturated carbocycles. The Kier molecular flexibility index (Phi) is 4.13. The molecule has 0 fully saturated rings. The van der Waals surface area contributed by atoms with Crippen molar-refractivity contribution in [3.05, 3.63) is 27.2 Å². The van der Waals surface area contributed by atoms with Crippen molar-refractivity contribution in [1.29, 1.82) is 5.26 Å². The molecule has 0 aliphatic carbocycles. The van der Waals surface area contributed by atoms with Gasteiger partial charge in [0.05, 0.1) is 27.0 Å². The molecule has 0 spiro atoms. The average molecular weight is 336 g/mol. The van der Waals surface area contributed by atoms with Crippen LogP contribution < -0.4 is 10.7 Å². The summed E-state index contributed by atoms with van der Waals surface area (Å²) in [5.74, 6) is 0. The van der Waals surface area contributed by atoms with Gasteiger partial charge in [0.25, 0.3) is 0 Å². The number of hydrazone groups is 1. The Bertz CT molecular complexity index is 655. The van der Waals surface area contributed by atoms with Crippen LogP contribution in [0.1, 0.15) is 0 Å². The number of nitrogens with two attached hydrogens (primary N) is 1. The van der Waals surface area contributed by atoms with Crippen LogP contribution in [0.25, 0.3) is 0 Å². The van der Waals surface area contributed by atoms with Crippen LogP contribution in [0.15, 0.2) is 17.2 Å². The highest BCUT2D eigenvalue weighted by molar-refractivity contribution is 7.69. The van der Waals surface area contributed by atoms with Crippen LogP contribution in [-0.2, 0) is 11.3 Å². The quantitative estimate of drug-likeness (QED) is 0.796. The number of hydrogen-bond acceptors (Lipinski definition) is 5. The van der Waals surface area contributed by atoms with Crippen molar-refractivity contribution in [3.8, 4) is 6.07 Å². The Balaban J connectivity index is 2.59. The summed E-state index contributed by atoms with van der Waals surface area (Å²) in [5.41, 5.74) is 6.12. The van der Waals surface area contributed by atoms with Gasteiger partial charge in [-0.05, 0) is 12.1 Å². The van der Waals surface area contributed by atoms with Gasteiger partial charge in [0.2, 0.25) is 0 Å². The minimum atomic E-state index is -0.895. The molecule has 0 radical (unpaired) electrons. The minimum absolute atomic E-state index is 0.0467. The number of anilines is 1. The third-order valence-electron chi connectivity index (χ3n) is 2.38. The molecule has 1 heterocycles. The Hall–Kier alpha value is -1.10. The second-order valence-corrected chi connectivity index (χ2v) is 5.37. The summed E-state index contributed by atoms with van der Waals surface area (Å²) in [4.78, 5) is 0.115. The molecule has 1 aromatic carbocycles. The van der Waals surface area contributed by atoms with Crippen LogP contribution >= 0.6 is 34.8 Å². The summed E-state index contributed by atoms with van der Waals surface area (Å²) < 4.78 is 11.0. The minimum Gasteiger partial charge on any atom is -0.305 e. The largest absolute Gasteiger partial charge is 0.305 e. The molecule has 5 nitrogen and oxygen atoms in total. The van der Waals surface area contributed by atoms with Crippen molar-refractivity contribution in [1.82, 2.24) is 0 Å². The lowest BCUT2D eigenvalue weighted by atomic mass is 10.2. The van der Waals surface area contributed by atoms with Gasteiger partial charge in [0.15, 0.2) is 5.71 Å². The standard InChI is InChI=1S/C10H5Cl3N4OS/c11-4-1-5(12)8(6(13)2-4)17-10(15)9(19-18)7(3-14)16-17/h1-2,10H,15H2. The maximum absolute atomic E-state index is 11.0. The molecule has 2 rings (SSSR count). The smallest absolute Gasteiger partial charge is 0.180 e. The lowest BCUT2D eigenvalue weighted by Crippen LogP contribution is -2.41. The van der Waals surface area contributed by atoms with E-state index < -0.39 is 6.17 Å². The van der Waals surface area contributed by atoms with Crippen molar-refractivity contribution >= 4 is 62.3 Å². The molecule has 19 heavy (non-hydrogen) atoms. The predicted octanol–water partition coefficient (Wildman–Crippen LogP) is 2.02. The van der Waals surface area contributed by atoms with Crippen LogP contribution in [0, 0.1) is 11.3 Å². The van der Waals surface area contributed by atoms with Gasteiger partial charge in [-0.2, -0.15) is 10.4 Å². The van der Waals surface area contributed by atoms with Gasteiger partial charge in [-0.3, -0.25) is 0 Å². The van der Waals surface area contributed by atoms with Crippen molar-refractivity contribution < 1.29 is 4.21 Å². The summed E-state index contributed by atoms with van der Waals surface area (Å²) in [5, 5.41) is 14.9. The highest BCUT2D eigenvalue weighted by Crippen LogP contribution is 2.38. The highest BCUT2D eigenvalue weighted by atomic mass is 35.5. The number of halogens is 3. The molecule has 0 aromatic heterocycles. The first-order chi connectivity index (χ1) is 8.99. The first-order valence-corrected chi connectivity index (χ1v) is 6.72. The van der Waals surface area contributed by atoms with Crippen LogP contribution in [0.2, 0.25) is 15.1 Å². The zero-order valence-corrected chi connectivity index (χ0v) is 12.2. The van der Waals surface area contributed by atoms with Crippen molar-refractivity contribution in [3.63, 3.8) is 0 Å². The fourth-order valence-electron chi connectivity index (χ4n) is 1.58. The molecule has 1 atom stereocenters. The Labute approximate surface area is 127 Å². The summed E-state index contributed by atoms with van der Waals surface area (Å²) in [6, 6.07) is 4.75. The van der Waals surface area contributed by atoms with E-state index >= 15 is 0 Å². The lowest BCUT2D eigenvalue weighted by Gasteiger charge is -2.21. The van der Waals surface area contributed by atoms with Gasteiger partial charge >= 0.3 is 0 Å². The molecular weight excluding hydrogens is 331 g/mol. The molecule has 1 aliphatic rings. The van der Waals surface area contributed by atoms with E-state index in [9.17, 15) is 4.21 Å². The van der Waals surface area contributed by atoms with Crippen LogP contribution in [-0.4, -0.2) is 21.0 Å².